The molecule has 1 rings (SSSR count). The molecule has 1 aromatic rings. The van der Waals surface area contributed by atoms with Crippen LogP contribution in [-0.4, -0.2) is 37.3 Å². The third kappa shape index (κ3) is 6.95. The smallest absolute Gasteiger partial charge is 0.740 e. The Labute approximate surface area is 163 Å². The fraction of sp³-hybridized carbons (Fsp3) is 0.273. The molecule has 0 spiro atoms. The van der Waals surface area contributed by atoms with Gasteiger partial charge >= 0.3 is 62.6 Å². The predicted molar refractivity (Wildman–Crippen MR) is 64.1 cm³/mol. The van der Waals surface area contributed by atoms with Gasteiger partial charge in [0, 0.05) is 6.42 Å². The second-order valence-corrected chi connectivity index (χ2v) is 5.07. The molecule has 1 aromatic carbocycles. The zero-order chi connectivity index (χ0) is 15.3. The Morgan fingerprint density at radius 1 is 1.43 bits per heavy atom. The molecule has 7 nitrogen and oxygen atoms in total. The summed E-state index contributed by atoms with van der Waals surface area (Å²) >= 11 is 0. The molecule has 0 aliphatic rings. The van der Waals surface area contributed by atoms with Gasteiger partial charge in [-0.2, -0.15) is 0 Å². The Morgan fingerprint density at radius 3 is 2.52 bits per heavy atom. The molecule has 0 saturated carbocycles. The van der Waals surface area contributed by atoms with Gasteiger partial charge in [0.1, 0.15) is 11.9 Å². The third-order valence-electron chi connectivity index (χ3n) is 2.33. The number of nitrogens with one attached hydrogen (secondary N) is 1. The maximum Gasteiger partial charge on any atom is 1.00 e. The van der Waals surface area contributed by atoms with E-state index in [4.69, 9.17) is 0 Å². The summed E-state index contributed by atoms with van der Waals surface area (Å²) in [6, 6.07) is 3.73. The molecule has 1 unspecified atom stereocenters. The van der Waals surface area contributed by atoms with E-state index in [0.717, 1.165) is 13.2 Å². The van der Waals surface area contributed by atoms with E-state index in [1.165, 1.54) is 18.2 Å². The number of carbonyl (C=O) groups excluding carboxylic acids is 2. The first-order valence-electron chi connectivity index (χ1n) is 5.32. The van der Waals surface area contributed by atoms with Crippen molar-refractivity contribution in [1.82, 2.24) is 5.32 Å². The van der Waals surface area contributed by atoms with Crippen molar-refractivity contribution in [3.63, 3.8) is 0 Å². The zero-order valence-electron chi connectivity index (χ0n) is 11.3. The van der Waals surface area contributed by atoms with Crippen molar-refractivity contribution in [2.75, 3.05) is 7.11 Å². The van der Waals surface area contributed by atoms with Gasteiger partial charge in [-0.25, -0.2) is 17.6 Å². The van der Waals surface area contributed by atoms with Crippen molar-refractivity contribution in [3.05, 3.63) is 35.6 Å². The number of hydrogen-bond acceptors (Lipinski definition) is 6. The molecule has 1 amide bonds. The van der Waals surface area contributed by atoms with Crippen LogP contribution in [0.3, 0.4) is 0 Å². The second kappa shape index (κ2) is 8.93. The number of carbonyl (C=O) groups is 2. The molecule has 0 radical (unpaired) electrons. The molecule has 0 bridgehead atoms. The van der Waals surface area contributed by atoms with Crippen LogP contribution in [0.1, 0.15) is 5.56 Å². The molecule has 0 aromatic heterocycles. The quantitative estimate of drug-likeness (QED) is 0.358. The van der Waals surface area contributed by atoms with E-state index in [-0.39, 0.29) is 57.8 Å². The maximum absolute atomic E-state index is 13.0. The first-order valence-corrected chi connectivity index (χ1v) is 6.73. The van der Waals surface area contributed by atoms with Gasteiger partial charge in [-0.3, -0.25) is 4.79 Å². The summed E-state index contributed by atoms with van der Waals surface area (Å²) in [5, 5.41) is -0.104. The summed E-state index contributed by atoms with van der Waals surface area (Å²) in [4.78, 5) is 22.5. The van der Waals surface area contributed by atoms with Crippen LogP contribution in [0.4, 0.5) is 9.18 Å². The fourth-order valence-corrected chi connectivity index (χ4v) is 1.74. The minimum Gasteiger partial charge on any atom is -0.740 e. The molecular formula is C11H11FKNO6S. The van der Waals surface area contributed by atoms with E-state index < -0.39 is 33.2 Å². The molecule has 0 heterocycles. The second-order valence-electron chi connectivity index (χ2n) is 3.80. The van der Waals surface area contributed by atoms with Gasteiger partial charge in [-0.05, 0) is 17.7 Å². The van der Waals surface area contributed by atoms with Gasteiger partial charge < -0.3 is 14.6 Å². The van der Waals surface area contributed by atoms with Gasteiger partial charge in [0.05, 0.1) is 7.11 Å². The number of methoxy groups -OCH3 is 1. The van der Waals surface area contributed by atoms with E-state index in [2.05, 4.69) is 4.74 Å². The summed E-state index contributed by atoms with van der Waals surface area (Å²) in [5.74, 6) is -1.51. The number of benzene rings is 1. The minimum atomic E-state index is -5.22. The van der Waals surface area contributed by atoms with Gasteiger partial charge in [-0.1, -0.05) is 12.1 Å². The summed E-state index contributed by atoms with van der Waals surface area (Å²) in [5.41, 5.74) is 0.323. The Balaban J connectivity index is 0.00000400. The van der Waals surface area contributed by atoms with Crippen LogP contribution in [0, 0.1) is 5.82 Å². The zero-order valence-corrected chi connectivity index (χ0v) is 15.3. The molecule has 110 valence electrons. The SMILES string of the molecule is COC(=O)C(Cc1cccc(F)c1)NC(=O)S(=O)(=O)[O-].[K+]. The predicted octanol–water partition coefficient (Wildman–Crippen LogP) is -2.83. The number of halogens is 1. The number of esters is 1. The van der Waals surface area contributed by atoms with Gasteiger partial charge in [0.25, 0.3) is 0 Å². The van der Waals surface area contributed by atoms with Gasteiger partial charge in [0.2, 0.25) is 0 Å². The average Bonchev–Trinajstić information content (AvgIpc) is 2.35. The molecule has 10 heteroatoms. The standard InChI is InChI=1S/C11H12FNO6S.K/c1-19-10(14)9(13-11(15)20(16,17)18)6-7-3-2-4-8(12)5-7;/h2-5,9H,6H2,1H3,(H,13,15)(H,16,17,18);/q;+1/p-1. The van der Waals surface area contributed by atoms with Crippen molar-refractivity contribution in [2.24, 2.45) is 0 Å². The van der Waals surface area contributed by atoms with E-state index in [1.807, 2.05) is 0 Å². The normalized spacial score (nSPS) is 12.0. The van der Waals surface area contributed by atoms with Crippen LogP contribution in [0.15, 0.2) is 24.3 Å². The Hall–Kier alpha value is -0.364. The van der Waals surface area contributed by atoms with Crippen molar-refractivity contribution in [1.29, 1.82) is 0 Å². The fourth-order valence-electron chi connectivity index (χ4n) is 1.45. The van der Waals surface area contributed by atoms with Gasteiger partial charge in [-0.15, -0.1) is 0 Å². The summed E-state index contributed by atoms with van der Waals surface area (Å²) < 4.78 is 48.9. The van der Waals surface area contributed by atoms with Crippen LogP contribution in [0.25, 0.3) is 0 Å². The largest absolute Gasteiger partial charge is 1.00 e. The van der Waals surface area contributed by atoms with Crippen LogP contribution in [0.5, 0.6) is 0 Å². The Kier molecular flexibility index (Phi) is 8.77. The van der Waals surface area contributed by atoms with Gasteiger partial charge in [0.15, 0.2) is 10.1 Å². The summed E-state index contributed by atoms with van der Waals surface area (Å²) in [6.45, 7) is 0. The monoisotopic (exact) mass is 343 g/mol. The summed E-state index contributed by atoms with van der Waals surface area (Å²) in [6.07, 6.45) is -0.217. The van der Waals surface area contributed by atoms with E-state index in [9.17, 15) is 27.0 Å². The van der Waals surface area contributed by atoms with Crippen LogP contribution in [0.2, 0.25) is 0 Å². The molecule has 0 fully saturated rings. The number of ether oxygens (including phenoxy) is 1. The van der Waals surface area contributed by atoms with Crippen LogP contribution >= 0.6 is 0 Å². The first kappa shape index (κ1) is 20.6. The third-order valence-corrected chi connectivity index (χ3v) is 2.91. The number of rotatable bonds is 4. The molecule has 0 saturated heterocycles. The van der Waals surface area contributed by atoms with Crippen molar-refractivity contribution in [2.45, 2.75) is 12.5 Å². The molecular weight excluding hydrogens is 332 g/mol. The number of amides is 1. The van der Waals surface area contributed by atoms with Crippen molar-refractivity contribution >= 4 is 21.3 Å². The first-order chi connectivity index (χ1) is 9.24. The van der Waals surface area contributed by atoms with E-state index >= 15 is 0 Å². The van der Waals surface area contributed by atoms with Crippen LogP contribution in [-0.2, 0) is 26.1 Å². The number of hydrogen-bond donors (Lipinski definition) is 1. The minimum absolute atomic E-state index is 0. The van der Waals surface area contributed by atoms with Crippen molar-refractivity contribution < 1.29 is 83.1 Å². The molecule has 21 heavy (non-hydrogen) atoms. The summed E-state index contributed by atoms with van der Waals surface area (Å²) in [7, 11) is -4.20. The molecule has 0 aliphatic carbocycles. The van der Waals surface area contributed by atoms with Crippen molar-refractivity contribution in [3.8, 4) is 0 Å². The van der Waals surface area contributed by atoms with Crippen LogP contribution < -0.4 is 56.7 Å². The van der Waals surface area contributed by atoms with E-state index in [1.54, 1.807) is 5.32 Å². The molecule has 1 atom stereocenters. The average molecular weight is 343 g/mol. The Bertz CT molecular complexity index is 621. The molecule has 0 aliphatic heterocycles. The molecule has 1 N–H and O–H groups in total. The van der Waals surface area contributed by atoms with E-state index in [0.29, 0.717) is 5.56 Å². The maximum atomic E-state index is 13.0. The topological polar surface area (TPSA) is 113 Å². The Morgan fingerprint density at radius 2 is 2.05 bits per heavy atom.